The molecule has 0 aromatic heterocycles. The quantitative estimate of drug-likeness (QED) is 0.593. The van der Waals surface area contributed by atoms with Gasteiger partial charge in [-0.05, 0) is 56.2 Å². The SMILES string of the molecule is CC(C(=O)NCC1CCCO1)N1C(=O)COc2ccc(C(=O)COc3cccc(Cl)c3)cc21. The van der Waals surface area contributed by atoms with E-state index in [0.29, 0.717) is 40.9 Å². The van der Waals surface area contributed by atoms with Crippen molar-refractivity contribution in [1.82, 2.24) is 5.32 Å². The van der Waals surface area contributed by atoms with Gasteiger partial charge in [-0.1, -0.05) is 17.7 Å². The number of carbonyl (C=O) groups is 3. The third-order valence-corrected chi connectivity index (χ3v) is 5.86. The molecule has 2 aliphatic heterocycles. The second-order valence-corrected chi connectivity index (χ2v) is 8.40. The second kappa shape index (κ2) is 10.2. The molecular weight excluding hydrogens is 448 g/mol. The summed E-state index contributed by atoms with van der Waals surface area (Å²) in [6.07, 6.45) is 1.87. The van der Waals surface area contributed by atoms with Crippen LogP contribution in [0.15, 0.2) is 42.5 Å². The van der Waals surface area contributed by atoms with Crippen molar-refractivity contribution in [2.24, 2.45) is 0 Å². The molecule has 1 saturated heterocycles. The molecule has 33 heavy (non-hydrogen) atoms. The van der Waals surface area contributed by atoms with Gasteiger partial charge in [0.05, 0.1) is 11.8 Å². The highest BCUT2D eigenvalue weighted by Gasteiger charge is 2.34. The molecule has 2 heterocycles. The topological polar surface area (TPSA) is 94.2 Å². The fourth-order valence-electron chi connectivity index (χ4n) is 3.84. The molecule has 2 unspecified atom stereocenters. The van der Waals surface area contributed by atoms with Gasteiger partial charge in [0.15, 0.2) is 19.0 Å². The highest BCUT2D eigenvalue weighted by atomic mass is 35.5. The van der Waals surface area contributed by atoms with Crippen LogP contribution in [-0.4, -0.2) is 56.1 Å². The van der Waals surface area contributed by atoms with Crippen molar-refractivity contribution < 1.29 is 28.6 Å². The van der Waals surface area contributed by atoms with Gasteiger partial charge in [0.25, 0.3) is 5.91 Å². The molecule has 0 spiro atoms. The average Bonchev–Trinajstić information content (AvgIpc) is 3.34. The molecule has 0 bridgehead atoms. The second-order valence-electron chi connectivity index (χ2n) is 7.96. The molecule has 2 aromatic carbocycles. The first-order chi connectivity index (χ1) is 15.9. The fourth-order valence-corrected chi connectivity index (χ4v) is 4.02. The van der Waals surface area contributed by atoms with E-state index in [1.165, 1.54) is 4.90 Å². The number of anilines is 1. The summed E-state index contributed by atoms with van der Waals surface area (Å²) in [5.41, 5.74) is 0.714. The summed E-state index contributed by atoms with van der Waals surface area (Å²) in [5.74, 6) is -0.0350. The fraction of sp³-hybridized carbons (Fsp3) is 0.375. The predicted molar refractivity (Wildman–Crippen MR) is 122 cm³/mol. The molecular formula is C24H25ClN2O6. The van der Waals surface area contributed by atoms with Gasteiger partial charge >= 0.3 is 0 Å². The monoisotopic (exact) mass is 472 g/mol. The van der Waals surface area contributed by atoms with Crippen LogP contribution in [0.3, 0.4) is 0 Å². The Hall–Kier alpha value is -3.10. The average molecular weight is 473 g/mol. The number of halogens is 1. The number of hydrogen-bond acceptors (Lipinski definition) is 6. The Balaban J connectivity index is 1.47. The number of ketones is 1. The number of Topliss-reactive ketones (excluding diaryl/α,β-unsaturated/α-hetero) is 1. The predicted octanol–water partition coefficient (Wildman–Crippen LogP) is 3.01. The first kappa shape index (κ1) is 23.1. The summed E-state index contributed by atoms with van der Waals surface area (Å²) in [7, 11) is 0. The van der Waals surface area contributed by atoms with Gasteiger partial charge in [-0.3, -0.25) is 19.3 Å². The maximum absolute atomic E-state index is 12.8. The zero-order valence-corrected chi connectivity index (χ0v) is 19.0. The van der Waals surface area contributed by atoms with Crippen LogP contribution in [0.25, 0.3) is 0 Å². The van der Waals surface area contributed by atoms with Gasteiger partial charge in [-0.2, -0.15) is 0 Å². The Bertz CT molecular complexity index is 1050. The number of hydrogen-bond donors (Lipinski definition) is 1. The Kier molecular flexibility index (Phi) is 7.15. The highest BCUT2D eigenvalue weighted by molar-refractivity contribution is 6.30. The number of amides is 2. The summed E-state index contributed by atoms with van der Waals surface area (Å²) >= 11 is 5.94. The number of ether oxygens (including phenoxy) is 3. The van der Waals surface area contributed by atoms with E-state index in [1.807, 2.05) is 0 Å². The Morgan fingerprint density at radius 3 is 2.88 bits per heavy atom. The van der Waals surface area contributed by atoms with Crippen molar-refractivity contribution in [2.45, 2.75) is 31.9 Å². The van der Waals surface area contributed by atoms with Crippen LogP contribution >= 0.6 is 11.6 Å². The lowest BCUT2D eigenvalue weighted by atomic mass is 10.1. The van der Waals surface area contributed by atoms with Crippen LogP contribution in [0.2, 0.25) is 5.02 Å². The van der Waals surface area contributed by atoms with Gasteiger partial charge in [-0.25, -0.2) is 0 Å². The molecule has 174 valence electrons. The number of fused-ring (bicyclic) bond motifs is 1. The van der Waals surface area contributed by atoms with E-state index < -0.39 is 6.04 Å². The minimum absolute atomic E-state index is 0.00227. The van der Waals surface area contributed by atoms with Crippen LogP contribution < -0.4 is 19.7 Å². The van der Waals surface area contributed by atoms with Gasteiger partial charge in [-0.15, -0.1) is 0 Å². The van der Waals surface area contributed by atoms with Crippen molar-refractivity contribution >= 4 is 34.9 Å². The Morgan fingerprint density at radius 1 is 1.27 bits per heavy atom. The zero-order chi connectivity index (χ0) is 23.4. The van der Waals surface area contributed by atoms with Crippen LogP contribution in [0.1, 0.15) is 30.1 Å². The molecule has 0 aliphatic carbocycles. The third kappa shape index (κ3) is 5.46. The highest BCUT2D eigenvalue weighted by Crippen LogP contribution is 2.34. The van der Waals surface area contributed by atoms with E-state index in [1.54, 1.807) is 49.4 Å². The minimum Gasteiger partial charge on any atom is -0.485 e. The largest absolute Gasteiger partial charge is 0.485 e. The maximum Gasteiger partial charge on any atom is 0.265 e. The molecule has 2 aliphatic rings. The van der Waals surface area contributed by atoms with Gasteiger partial charge < -0.3 is 19.5 Å². The molecule has 0 saturated carbocycles. The van der Waals surface area contributed by atoms with Crippen molar-refractivity contribution in [3.63, 3.8) is 0 Å². The van der Waals surface area contributed by atoms with Crippen molar-refractivity contribution in [2.75, 3.05) is 31.3 Å². The summed E-state index contributed by atoms with van der Waals surface area (Å²) in [4.78, 5) is 39.5. The Labute approximate surface area is 196 Å². The minimum atomic E-state index is -0.783. The van der Waals surface area contributed by atoms with Crippen LogP contribution in [0.5, 0.6) is 11.5 Å². The van der Waals surface area contributed by atoms with Crippen LogP contribution in [0, 0.1) is 0 Å². The summed E-state index contributed by atoms with van der Waals surface area (Å²) < 4.78 is 16.6. The van der Waals surface area contributed by atoms with E-state index in [9.17, 15) is 14.4 Å². The molecule has 2 amide bonds. The number of carbonyl (C=O) groups excluding carboxylic acids is 3. The lowest BCUT2D eigenvalue weighted by Gasteiger charge is -2.33. The zero-order valence-electron chi connectivity index (χ0n) is 18.2. The number of nitrogens with zero attached hydrogens (tertiary/aromatic N) is 1. The molecule has 8 nitrogen and oxygen atoms in total. The van der Waals surface area contributed by atoms with Gasteiger partial charge in [0.2, 0.25) is 5.91 Å². The van der Waals surface area contributed by atoms with E-state index in [0.717, 1.165) is 12.8 Å². The molecule has 2 aromatic rings. The van der Waals surface area contributed by atoms with E-state index in [4.69, 9.17) is 25.8 Å². The first-order valence-electron chi connectivity index (χ1n) is 10.8. The molecule has 1 fully saturated rings. The van der Waals surface area contributed by atoms with E-state index in [-0.39, 0.29) is 36.9 Å². The Morgan fingerprint density at radius 2 is 2.12 bits per heavy atom. The molecule has 9 heteroatoms. The summed E-state index contributed by atoms with van der Waals surface area (Å²) in [6.45, 7) is 2.36. The van der Waals surface area contributed by atoms with Crippen LogP contribution in [0.4, 0.5) is 5.69 Å². The van der Waals surface area contributed by atoms with E-state index >= 15 is 0 Å². The maximum atomic E-state index is 12.8. The smallest absolute Gasteiger partial charge is 0.265 e. The van der Waals surface area contributed by atoms with E-state index in [2.05, 4.69) is 5.32 Å². The third-order valence-electron chi connectivity index (χ3n) is 5.62. The van der Waals surface area contributed by atoms with Crippen molar-refractivity contribution in [3.05, 3.63) is 53.1 Å². The van der Waals surface area contributed by atoms with Crippen LogP contribution in [-0.2, 0) is 14.3 Å². The van der Waals surface area contributed by atoms with Gasteiger partial charge in [0, 0.05) is 23.7 Å². The normalized spacial score (nSPS) is 18.3. The number of nitrogens with one attached hydrogen (secondary N) is 1. The number of benzene rings is 2. The van der Waals surface area contributed by atoms with Crippen molar-refractivity contribution in [1.29, 1.82) is 0 Å². The molecule has 2 atom stereocenters. The van der Waals surface area contributed by atoms with Gasteiger partial charge in [0.1, 0.15) is 17.5 Å². The lowest BCUT2D eigenvalue weighted by Crippen LogP contribution is -2.52. The van der Waals surface area contributed by atoms with Crippen molar-refractivity contribution in [3.8, 4) is 11.5 Å². The molecule has 0 radical (unpaired) electrons. The lowest BCUT2D eigenvalue weighted by molar-refractivity contribution is -0.127. The first-order valence-corrected chi connectivity index (χ1v) is 11.2. The number of rotatable bonds is 8. The molecule has 4 rings (SSSR count). The molecule has 1 N–H and O–H groups in total. The summed E-state index contributed by atoms with van der Waals surface area (Å²) in [5, 5.41) is 3.36. The standard InChI is InChI=1S/C24H25ClN2O6/c1-15(24(30)26-12-19-6-3-9-31-19)27-20-10-16(7-8-22(20)33-14-23(27)29)21(28)13-32-18-5-2-4-17(25)11-18/h2,4-5,7-8,10-11,15,19H,3,6,9,12-14H2,1H3,(H,26,30). The summed E-state index contributed by atoms with van der Waals surface area (Å²) in [6, 6.07) is 10.8.